The zero-order valence-electron chi connectivity index (χ0n) is 16.4. The minimum Gasteiger partial charge on any atom is -0.497 e. The summed E-state index contributed by atoms with van der Waals surface area (Å²) in [5, 5.41) is 9.31. The molecule has 144 valence electrons. The van der Waals surface area contributed by atoms with E-state index in [1.165, 1.54) is 16.7 Å². The number of hydrogen-bond donors (Lipinski definition) is 1. The minimum absolute atomic E-state index is 0.107. The Morgan fingerprint density at radius 3 is 2.22 bits per heavy atom. The van der Waals surface area contributed by atoms with Crippen LogP contribution in [-0.2, 0) is 4.79 Å². The Balaban J connectivity index is 1.92. The summed E-state index contributed by atoms with van der Waals surface area (Å²) in [6, 6.07) is 17.1. The maximum Gasteiger partial charge on any atom is 0.306 e. The van der Waals surface area contributed by atoms with Crippen molar-refractivity contribution in [3.8, 4) is 5.75 Å². The zero-order chi connectivity index (χ0) is 19.4. The molecule has 1 unspecified atom stereocenters. The maximum absolute atomic E-state index is 11.3. The Bertz CT molecular complexity index is 761. The first-order chi connectivity index (χ1) is 13.0. The smallest absolute Gasteiger partial charge is 0.306 e. The van der Waals surface area contributed by atoms with Gasteiger partial charge in [0.15, 0.2) is 0 Å². The van der Waals surface area contributed by atoms with Crippen molar-refractivity contribution in [2.75, 3.05) is 20.2 Å². The molecule has 1 aliphatic rings. The number of rotatable bonds is 6. The van der Waals surface area contributed by atoms with Crippen LogP contribution in [0.25, 0.3) is 0 Å². The van der Waals surface area contributed by atoms with Gasteiger partial charge in [-0.1, -0.05) is 50.2 Å². The predicted octanol–water partition coefficient (Wildman–Crippen LogP) is 4.70. The van der Waals surface area contributed by atoms with E-state index in [4.69, 9.17) is 4.74 Å². The Hall–Kier alpha value is -2.33. The van der Waals surface area contributed by atoms with Gasteiger partial charge in [0.2, 0.25) is 0 Å². The van der Waals surface area contributed by atoms with Gasteiger partial charge in [-0.3, -0.25) is 9.69 Å². The van der Waals surface area contributed by atoms with Gasteiger partial charge < -0.3 is 9.84 Å². The number of likely N-dealkylation sites (tertiary alicyclic amines) is 1. The molecule has 2 aromatic carbocycles. The third-order valence-corrected chi connectivity index (χ3v) is 5.57. The molecule has 4 nitrogen and oxygen atoms in total. The molecule has 1 atom stereocenters. The third-order valence-electron chi connectivity index (χ3n) is 5.57. The zero-order valence-corrected chi connectivity index (χ0v) is 16.4. The van der Waals surface area contributed by atoms with Gasteiger partial charge in [0.05, 0.1) is 19.1 Å². The van der Waals surface area contributed by atoms with Crippen LogP contribution in [0, 0.1) is 5.92 Å². The van der Waals surface area contributed by atoms with Crippen molar-refractivity contribution in [2.24, 2.45) is 5.92 Å². The highest BCUT2D eigenvalue weighted by Crippen LogP contribution is 2.34. The van der Waals surface area contributed by atoms with Crippen molar-refractivity contribution < 1.29 is 14.6 Å². The molecule has 1 aliphatic heterocycles. The lowest BCUT2D eigenvalue weighted by molar-refractivity contribution is -0.143. The lowest BCUT2D eigenvalue weighted by Crippen LogP contribution is -2.39. The van der Waals surface area contributed by atoms with Gasteiger partial charge in [0, 0.05) is 0 Å². The molecule has 27 heavy (non-hydrogen) atoms. The van der Waals surface area contributed by atoms with E-state index in [9.17, 15) is 9.90 Å². The molecule has 2 aromatic rings. The summed E-state index contributed by atoms with van der Waals surface area (Å²) in [5.41, 5.74) is 3.74. The molecule has 0 spiro atoms. The molecule has 0 bridgehead atoms. The van der Waals surface area contributed by atoms with Crippen molar-refractivity contribution in [1.29, 1.82) is 0 Å². The highest BCUT2D eigenvalue weighted by atomic mass is 16.5. The van der Waals surface area contributed by atoms with Crippen molar-refractivity contribution >= 4 is 5.97 Å². The largest absolute Gasteiger partial charge is 0.497 e. The van der Waals surface area contributed by atoms with E-state index in [0.717, 1.165) is 18.8 Å². The number of carbonyl (C=O) groups is 1. The summed E-state index contributed by atoms with van der Waals surface area (Å²) in [6.45, 7) is 5.96. The molecule has 1 heterocycles. The number of piperidine rings is 1. The first-order valence-electron chi connectivity index (χ1n) is 9.70. The number of ether oxygens (including phenoxy) is 1. The Morgan fingerprint density at radius 1 is 1.04 bits per heavy atom. The van der Waals surface area contributed by atoms with Crippen LogP contribution in [0.1, 0.15) is 55.3 Å². The lowest BCUT2D eigenvalue weighted by Gasteiger charge is -2.37. The van der Waals surface area contributed by atoms with Crippen molar-refractivity contribution in [2.45, 2.75) is 38.6 Å². The molecular formula is C23H29NO3. The molecule has 3 rings (SSSR count). The van der Waals surface area contributed by atoms with Gasteiger partial charge >= 0.3 is 5.97 Å². The highest BCUT2D eigenvalue weighted by Gasteiger charge is 2.30. The molecule has 4 heteroatoms. The summed E-state index contributed by atoms with van der Waals surface area (Å²) >= 11 is 0. The van der Waals surface area contributed by atoms with E-state index in [1.54, 1.807) is 7.11 Å². The van der Waals surface area contributed by atoms with Gasteiger partial charge in [-0.2, -0.15) is 0 Å². The van der Waals surface area contributed by atoms with Crippen molar-refractivity contribution in [3.63, 3.8) is 0 Å². The molecule has 0 aromatic heterocycles. The van der Waals surface area contributed by atoms with Crippen LogP contribution in [0.15, 0.2) is 48.5 Å². The summed E-state index contributed by atoms with van der Waals surface area (Å²) in [4.78, 5) is 13.7. The summed E-state index contributed by atoms with van der Waals surface area (Å²) in [6.07, 6.45) is 1.39. The van der Waals surface area contributed by atoms with Crippen LogP contribution < -0.4 is 4.74 Å². The Labute approximate surface area is 161 Å². The summed E-state index contributed by atoms with van der Waals surface area (Å²) in [7, 11) is 1.68. The van der Waals surface area contributed by atoms with Crippen molar-refractivity contribution in [1.82, 2.24) is 4.90 Å². The number of hydrogen-bond acceptors (Lipinski definition) is 3. The van der Waals surface area contributed by atoms with E-state index in [2.05, 4.69) is 55.1 Å². The van der Waals surface area contributed by atoms with E-state index >= 15 is 0 Å². The fourth-order valence-corrected chi connectivity index (χ4v) is 3.89. The first kappa shape index (κ1) is 19.4. The van der Waals surface area contributed by atoms with E-state index in [-0.39, 0.29) is 12.0 Å². The van der Waals surface area contributed by atoms with Crippen LogP contribution in [0.5, 0.6) is 5.75 Å². The van der Waals surface area contributed by atoms with Gasteiger partial charge in [-0.25, -0.2) is 0 Å². The first-order valence-corrected chi connectivity index (χ1v) is 9.70. The Morgan fingerprint density at radius 2 is 1.67 bits per heavy atom. The second kappa shape index (κ2) is 8.57. The maximum atomic E-state index is 11.3. The van der Waals surface area contributed by atoms with Gasteiger partial charge in [-0.05, 0) is 60.7 Å². The molecule has 0 amide bonds. The fourth-order valence-electron chi connectivity index (χ4n) is 3.89. The number of carboxylic acid groups (broad SMARTS) is 1. The van der Waals surface area contributed by atoms with Crippen LogP contribution in [0.2, 0.25) is 0 Å². The normalized spacial score (nSPS) is 17.0. The molecule has 1 fully saturated rings. The average Bonchev–Trinajstić information content (AvgIpc) is 2.69. The molecule has 0 saturated carbocycles. The van der Waals surface area contributed by atoms with Gasteiger partial charge in [0.25, 0.3) is 0 Å². The van der Waals surface area contributed by atoms with E-state index < -0.39 is 5.97 Å². The highest BCUT2D eigenvalue weighted by molar-refractivity contribution is 5.70. The summed E-state index contributed by atoms with van der Waals surface area (Å²) in [5.74, 6) is 0.446. The van der Waals surface area contributed by atoms with Gasteiger partial charge in [-0.15, -0.1) is 0 Å². The quantitative estimate of drug-likeness (QED) is 0.804. The predicted molar refractivity (Wildman–Crippen MR) is 107 cm³/mol. The van der Waals surface area contributed by atoms with Crippen molar-refractivity contribution in [3.05, 3.63) is 65.2 Å². The fraction of sp³-hybridized carbons (Fsp3) is 0.435. The molecule has 1 N–H and O–H groups in total. The Kier molecular flexibility index (Phi) is 6.17. The van der Waals surface area contributed by atoms with Gasteiger partial charge in [0.1, 0.15) is 5.75 Å². The van der Waals surface area contributed by atoms with Crippen LogP contribution >= 0.6 is 0 Å². The molecule has 1 saturated heterocycles. The number of aliphatic carboxylic acids is 1. The van der Waals surface area contributed by atoms with E-state index in [0.29, 0.717) is 18.8 Å². The lowest BCUT2D eigenvalue weighted by atomic mass is 9.90. The van der Waals surface area contributed by atoms with Crippen LogP contribution in [0.4, 0.5) is 0 Å². The average molecular weight is 367 g/mol. The minimum atomic E-state index is -0.672. The standard InChI is InChI=1S/C23H29NO3/c1-16(2)17-7-9-18(10-8-17)22(20-5-4-6-21(15-20)27-3)24-13-11-19(12-14-24)23(25)26/h4-10,15-16,19,22H,11-14H2,1-3H3,(H,25,26). The number of nitrogens with zero attached hydrogens (tertiary/aromatic N) is 1. The van der Waals surface area contributed by atoms with E-state index in [1.807, 2.05) is 12.1 Å². The summed E-state index contributed by atoms with van der Waals surface area (Å²) < 4.78 is 5.43. The number of methoxy groups -OCH3 is 1. The second-order valence-electron chi connectivity index (χ2n) is 7.65. The SMILES string of the molecule is COc1cccc(C(c2ccc(C(C)C)cc2)N2CCC(C(=O)O)CC2)c1. The molecular weight excluding hydrogens is 338 g/mol. The number of benzene rings is 2. The van der Waals surface area contributed by atoms with Crippen LogP contribution in [0.3, 0.4) is 0 Å². The number of carboxylic acids is 1. The molecule has 0 radical (unpaired) electrons. The molecule has 0 aliphatic carbocycles. The monoisotopic (exact) mass is 367 g/mol. The van der Waals surface area contributed by atoms with Crippen LogP contribution in [-0.4, -0.2) is 36.2 Å². The topological polar surface area (TPSA) is 49.8 Å². The third kappa shape index (κ3) is 4.51. The second-order valence-corrected chi connectivity index (χ2v) is 7.65.